The van der Waals surface area contributed by atoms with Crippen molar-refractivity contribution in [3.05, 3.63) is 29.3 Å². The summed E-state index contributed by atoms with van der Waals surface area (Å²) < 4.78 is 5.45. The lowest BCUT2D eigenvalue weighted by molar-refractivity contribution is 0.396. The molecule has 1 aromatic rings. The summed E-state index contributed by atoms with van der Waals surface area (Å²) in [4.78, 5) is 0. The zero-order valence-electron chi connectivity index (χ0n) is 10.8. The van der Waals surface area contributed by atoms with E-state index in [0.29, 0.717) is 6.04 Å². The maximum absolute atomic E-state index is 5.45. The number of aryl methyl sites for hydroxylation is 1. The lowest BCUT2D eigenvalue weighted by atomic mass is 10.0. The van der Waals surface area contributed by atoms with Crippen molar-refractivity contribution in [2.75, 3.05) is 13.7 Å². The van der Waals surface area contributed by atoms with Crippen LogP contribution in [-0.4, -0.2) is 13.7 Å². The van der Waals surface area contributed by atoms with Crippen LogP contribution >= 0.6 is 0 Å². The highest BCUT2D eigenvalue weighted by Gasteiger charge is 2.13. The summed E-state index contributed by atoms with van der Waals surface area (Å²) in [6.07, 6.45) is 2.24. The van der Waals surface area contributed by atoms with E-state index in [0.717, 1.165) is 25.1 Å². The molecule has 1 unspecified atom stereocenters. The molecule has 0 radical (unpaired) electrons. The van der Waals surface area contributed by atoms with E-state index in [9.17, 15) is 0 Å². The van der Waals surface area contributed by atoms with Gasteiger partial charge in [-0.1, -0.05) is 26.0 Å². The largest absolute Gasteiger partial charge is 0.496 e. The van der Waals surface area contributed by atoms with Crippen molar-refractivity contribution in [2.45, 2.75) is 39.7 Å². The van der Waals surface area contributed by atoms with Crippen molar-refractivity contribution >= 4 is 0 Å². The van der Waals surface area contributed by atoms with Crippen LogP contribution in [-0.2, 0) is 0 Å². The molecule has 0 saturated heterocycles. The highest BCUT2D eigenvalue weighted by atomic mass is 16.5. The Bertz CT molecular complexity index is 323. The lowest BCUT2D eigenvalue weighted by Crippen LogP contribution is -2.22. The summed E-state index contributed by atoms with van der Waals surface area (Å²) in [6.45, 7) is 7.53. The second kappa shape index (κ2) is 6.54. The van der Waals surface area contributed by atoms with E-state index >= 15 is 0 Å². The van der Waals surface area contributed by atoms with Gasteiger partial charge in [0.05, 0.1) is 7.11 Å². The van der Waals surface area contributed by atoms with Gasteiger partial charge in [0, 0.05) is 11.6 Å². The Hall–Kier alpha value is -1.02. The Balaban J connectivity index is 2.90. The first-order valence-electron chi connectivity index (χ1n) is 6.10. The van der Waals surface area contributed by atoms with E-state index in [2.05, 4.69) is 44.3 Å². The molecule has 0 amide bonds. The van der Waals surface area contributed by atoms with Crippen LogP contribution in [0.15, 0.2) is 18.2 Å². The third-order valence-electron chi connectivity index (χ3n) is 2.81. The number of hydrogen-bond acceptors (Lipinski definition) is 2. The van der Waals surface area contributed by atoms with Crippen LogP contribution in [0.5, 0.6) is 5.75 Å². The van der Waals surface area contributed by atoms with Crippen molar-refractivity contribution in [2.24, 2.45) is 0 Å². The second-order valence-corrected chi connectivity index (χ2v) is 4.16. The van der Waals surface area contributed by atoms with Gasteiger partial charge in [-0.15, -0.1) is 0 Å². The lowest BCUT2D eigenvalue weighted by Gasteiger charge is -2.20. The van der Waals surface area contributed by atoms with Crippen molar-refractivity contribution < 1.29 is 4.74 Å². The van der Waals surface area contributed by atoms with Crippen molar-refractivity contribution in [1.29, 1.82) is 0 Å². The summed E-state index contributed by atoms with van der Waals surface area (Å²) >= 11 is 0. The number of rotatable bonds is 6. The Morgan fingerprint density at radius 2 is 2.06 bits per heavy atom. The predicted octanol–water partition coefficient (Wildman–Crippen LogP) is 3.45. The summed E-state index contributed by atoms with van der Waals surface area (Å²) in [5, 5.41) is 3.55. The smallest absolute Gasteiger partial charge is 0.123 e. The minimum absolute atomic E-state index is 0.399. The van der Waals surface area contributed by atoms with Gasteiger partial charge >= 0.3 is 0 Å². The monoisotopic (exact) mass is 221 g/mol. The Morgan fingerprint density at radius 1 is 1.31 bits per heavy atom. The first-order chi connectivity index (χ1) is 7.72. The van der Waals surface area contributed by atoms with Gasteiger partial charge in [-0.3, -0.25) is 0 Å². The van der Waals surface area contributed by atoms with E-state index in [1.165, 1.54) is 11.1 Å². The van der Waals surface area contributed by atoms with Crippen LogP contribution in [0.1, 0.15) is 43.9 Å². The molecule has 1 atom stereocenters. The molecule has 0 heterocycles. The van der Waals surface area contributed by atoms with Gasteiger partial charge in [-0.05, 0) is 37.9 Å². The normalized spacial score (nSPS) is 12.5. The van der Waals surface area contributed by atoms with Crippen LogP contribution < -0.4 is 10.1 Å². The molecule has 0 bridgehead atoms. The minimum Gasteiger partial charge on any atom is -0.496 e. The standard InChI is InChI=1S/C14H23NO/c1-5-9-15-13(6-2)12-8-7-11(3)10-14(12)16-4/h7-8,10,13,15H,5-6,9H2,1-4H3. The fourth-order valence-electron chi connectivity index (χ4n) is 1.90. The van der Waals surface area contributed by atoms with Crippen LogP contribution in [0.2, 0.25) is 0 Å². The quantitative estimate of drug-likeness (QED) is 0.794. The zero-order valence-corrected chi connectivity index (χ0v) is 10.8. The van der Waals surface area contributed by atoms with Crippen LogP contribution in [0.25, 0.3) is 0 Å². The fourth-order valence-corrected chi connectivity index (χ4v) is 1.90. The van der Waals surface area contributed by atoms with E-state index in [1.54, 1.807) is 7.11 Å². The van der Waals surface area contributed by atoms with Crippen molar-refractivity contribution in [3.63, 3.8) is 0 Å². The molecule has 0 fully saturated rings. The highest BCUT2D eigenvalue weighted by Crippen LogP contribution is 2.28. The molecule has 2 heteroatoms. The number of ether oxygens (including phenoxy) is 1. The number of hydrogen-bond donors (Lipinski definition) is 1. The molecule has 0 aliphatic carbocycles. The molecule has 1 N–H and O–H groups in total. The maximum Gasteiger partial charge on any atom is 0.123 e. The molecule has 0 aliphatic heterocycles. The molecule has 0 saturated carbocycles. The Morgan fingerprint density at radius 3 is 2.62 bits per heavy atom. The first-order valence-corrected chi connectivity index (χ1v) is 6.10. The summed E-state index contributed by atoms with van der Waals surface area (Å²) in [5.74, 6) is 0.996. The fraction of sp³-hybridized carbons (Fsp3) is 0.571. The summed E-state index contributed by atoms with van der Waals surface area (Å²) in [5.41, 5.74) is 2.51. The number of benzene rings is 1. The van der Waals surface area contributed by atoms with E-state index in [4.69, 9.17) is 4.74 Å². The van der Waals surface area contributed by atoms with Crippen molar-refractivity contribution in [1.82, 2.24) is 5.32 Å². The maximum atomic E-state index is 5.45. The molecule has 0 spiro atoms. The molecule has 16 heavy (non-hydrogen) atoms. The third kappa shape index (κ3) is 3.24. The van der Waals surface area contributed by atoms with Crippen LogP contribution in [0.3, 0.4) is 0 Å². The third-order valence-corrected chi connectivity index (χ3v) is 2.81. The van der Waals surface area contributed by atoms with Crippen LogP contribution in [0.4, 0.5) is 0 Å². The molecule has 2 nitrogen and oxygen atoms in total. The number of nitrogens with one attached hydrogen (secondary N) is 1. The molecule has 1 rings (SSSR count). The predicted molar refractivity (Wildman–Crippen MR) is 69.1 cm³/mol. The van der Waals surface area contributed by atoms with Gasteiger partial charge in [0.1, 0.15) is 5.75 Å². The first kappa shape index (κ1) is 13.0. The Labute approximate surface area is 99.0 Å². The van der Waals surface area contributed by atoms with E-state index in [-0.39, 0.29) is 0 Å². The van der Waals surface area contributed by atoms with Gasteiger partial charge in [0.2, 0.25) is 0 Å². The average molecular weight is 221 g/mol. The Kier molecular flexibility index (Phi) is 5.33. The topological polar surface area (TPSA) is 21.3 Å². The molecular formula is C14H23NO. The molecule has 90 valence electrons. The van der Waals surface area contributed by atoms with Gasteiger partial charge in [-0.25, -0.2) is 0 Å². The number of methoxy groups -OCH3 is 1. The minimum atomic E-state index is 0.399. The molecule has 0 aromatic heterocycles. The van der Waals surface area contributed by atoms with Gasteiger partial charge in [-0.2, -0.15) is 0 Å². The molecular weight excluding hydrogens is 198 g/mol. The van der Waals surface area contributed by atoms with Gasteiger partial charge < -0.3 is 10.1 Å². The van der Waals surface area contributed by atoms with Crippen LogP contribution in [0, 0.1) is 6.92 Å². The SMILES string of the molecule is CCCNC(CC)c1ccc(C)cc1OC. The zero-order chi connectivity index (χ0) is 12.0. The summed E-state index contributed by atoms with van der Waals surface area (Å²) in [6, 6.07) is 6.82. The van der Waals surface area contributed by atoms with Gasteiger partial charge in [0.25, 0.3) is 0 Å². The molecule has 1 aromatic carbocycles. The van der Waals surface area contributed by atoms with Gasteiger partial charge in [0.15, 0.2) is 0 Å². The second-order valence-electron chi connectivity index (χ2n) is 4.16. The highest BCUT2D eigenvalue weighted by molar-refractivity contribution is 5.39. The molecule has 0 aliphatic rings. The summed E-state index contributed by atoms with van der Waals surface area (Å²) in [7, 11) is 1.74. The van der Waals surface area contributed by atoms with E-state index in [1.807, 2.05) is 0 Å². The van der Waals surface area contributed by atoms with E-state index < -0.39 is 0 Å². The average Bonchev–Trinajstić information content (AvgIpc) is 2.31. The van der Waals surface area contributed by atoms with Crippen molar-refractivity contribution in [3.8, 4) is 5.75 Å².